The number of thioether (sulfide) groups is 1. The monoisotopic (exact) mass is 339 g/mol. The van der Waals surface area contributed by atoms with Crippen molar-refractivity contribution in [3.05, 3.63) is 42.2 Å². The van der Waals surface area contributed by atoms with Crippen LogP contribution in [-0.4, -0.2) is 29.0 Å². The molecule has 0 saturated heterocycles. The van der Waals surface area contributed by atoms with Crippen molar-refractivity contribution >= 4 is 34.1 Å². The van der Waals surface area contributed by atoms with Gasteiger partial charge in [-0.1, -0.05) is 35.2 Å². The largest absolute Gasteiger partial charge is 0.494 e. The Kier molecular flexibility index (Phi) is 5.91. The van der Waals surface area contributed by atoms with Crippen LogP contribution in [0.3, 0.4) is 0 Å². The molecule has 1 amide bonds. The fourth-order valence-corrected chi connectivity index (χ4v) is 3.15. The molecule has 0 aliphatic heterocycles. The van der Waals surface area contributed by atoms with Crippen LogP contribution < -0.4 is 10.1 Å². The first-order valence-corrected chi connectivity index (χ1v) is 8.12. The lowest BCUT2D eigenvalue weighted by Crippen LogP contribution is -2.14. The molecule has 0 bridgehead atoms. The number of carbonyl (C=O) groups excluding carboxylic acids is 1. The van der Waals surface area contributed by atoms with Gasteiger partial charge in [-0.15, -0.1) is 16.8 Å². The fraction of sp³-hybridized carbons (Fsp3) is 0.214. The van der Waals surface area contributed by atoms with Crippen molar-refractivity contribution in [1.29, 1.82) is 0 Å². The van der Waals surface area contributed by atoms with Crippen molar-refractivity contribution < 1.29 is 13.9 Å². The van der Waals surface area contributed by atoms with Crippen LogP contribution >= 0.6 is 23.1 Å². The van der Waals surface area contributed by atoms with Crippen LogP contribution in [0.1, 0.15) is 5.56 Å². The summed E-state index contributed by atoms with van der Waals surface area (Å²) in [7, 11) is 1.39. The van der Waals surface area contributed by atoms with E-state index >= 15 is 0 Å². The number of aromatic nitrogens is 2. The average molecular weight is 339 g/mol. The minimum Gasteiger partial charge on any atom is -0.494 e. The molecule has 0 saturated carbocycles. The number of hydrogen-bond acceptors (Lipinski definition) is 6. The maximum Gasteiger partial charge on any atom is 0.230 e. The molecule has 0 fully saturated rings. The first kappa shape index (κ1) is 16.4. The summed E-state index contributed by atoms with van der Waals surface area (Å²) >= 11 is 2.78. The maximum atomic E-state index is 13.6. The van der Waals surface area contributed by atoms with Crippen molar-refractivity contribution in [3.63, 3.8) is 0 Å². The molecule has 1 aromatic carbocycles. The van der Waals surface area contributed by atoms with Gasteiger partial charge >= 0.3 is 0 Å². The number of nitrogens with one attached hydrogen (secondary N) is 1. The summed E-state index contributed by atoms with van der Waals surface area (Å²) in [6.07, 6.45) is 1.82. The third-order valence-electron chi connectivity index (χ3n) is 2.56. The number of benzene rings is 1. The molecular weight excluding hydrogens is 325 g/mol. The van der Waals surface area contributed by atoms with E-state index in [9.17, 15) is 9.18 Å². The summed E-state index contributed by atoms with van der Waals surface area (Å²) in [5.74, 6) is 0.109. The number of carbonyl (C=O) groups is 1. The predicted molar refractivity (Wildman–Crippen MR) is 86.1 cm³/mol. The lowest BCUT2D eigenvalue weighted by Gasteiger charge is -2.05. The van der Waals surface area contributed by atoms with Crippen LogP contribution in [-0.2, 0) is 11.2 Å². The number of rotatable bonds is 7. The van der Waals surface area contributed by atoms with E-state index in [0.29, 0.717) is 10.7 Å². The standard InChI is InChI=1S/C14H14FN3O2S2/c1-3-6-21-14-18-17-13(22-14)16-12(19)8-9-4-5-11(20-2)10(15)7-9/h3-5,7H,1,6,8H2,2H3,(H,16,17,19). The fourth-order valence-electron chi connectivity index (χ4n) is 1.62. The highest BCUT2D eigenvalue weighted by Gasteiger charge is 2.11. The van der Waals surface area contributed by atoms with E-state index < -0.39 is 5.82 Å². The van der Waals surface area contributed by atoms with E-state index in [1.807, 2.05) is 0 Å². The number of halogens is 1. The SMILES string of the molecule is C=CCSc1nnc(NC(=O)Cc2ccc(OC)c(F)c2)s1. The van der Waals surface area contributed by atoms with Crippen LogP contribution in [0.2, 0.25) is 0 Å². The Morgan fingerprint density at radius 1 is 1.55 bits per heavy atom. The molecule has 0 spiro atoms. The second kappa shape index (κ2) is 7.90. The van der Waals surface area contributed by atoms with Gasteiger partial charge in [0.25, 0.3) is 0 Å². The molecule has 0 atom stereocenters. The molecule has 1 heterocycles. The van der Waals surface area contributed by atoms with Crippen molar-refractivity contribution in [1.82, 2.24) is 10.2 Å². The van der Waals surface area contributed by atoms with Gasteiger partial charge in [0.2, 0.25) is 11.0 Å². The van der Waals surface area contributed by atoms with Crippen LogP contribution in [0.25, 0.3) is 0 Å². The van der Waals surface area contributed by atoms with Gasteiger partial charge in [-0.05, 0) is 17.7 Å². The molecule has 0 unspecified atom stereocenters. The van der Waals surface area contributed by atoms with E-state index in [1.54, 1.807) is 12.1 Å². The van der Waals surface area contributed by atoms with E-state index in [1.165, 1.54) is 42.3 Å². The number of nitrogens with zero attached hydrogens (tertiary/aromatic N) is 2. The Morgan fingerprint density at radius 2 is 2.36 bits per heavy atom. The number of methoxy groups -OCH3 is 1. The summed E-state index contributed by atoms with van der Waals surface area (Å²) < 4.78 is 19.2. The Morgan fingerprint density at radius 3 is 3.05 bits per heavy atom. The molecule has 0 aliphatic rings. The molecule has 0 aliphatic carbocycles. The Labute approximate surface area is 135 Å². The van der Waals surface area contributed by atoms with Crippen LogP contribution in [0.4, 0.5) is 9.52 Å². The third-order valence-corrected chi connectivity index (χ3v) is 4.53. The van der Waals surface area contributed by atoms with Crippen molar-refractivity contribution in [3.8, 4) is 5.75 Å². The lowest BCUT2D eigenvalue weighted by atomic mass is 10.1. The Hall–Kier alpha value is -1.93. The zero-order chi connectivity index (χ0) is 15.9. The number of anilines is 1. The van der Waals surface area contributed by atoms with Crippen molar-refractivity contribution in [2.75, 3.05) is 18.2 Å². The Bertz CT molecular complexity index is 676. The predicted octanol–water partition coefficient (Wildman–Crippen LogP) is 3.15. The zero-order valence-corrected chi connectivity index (χ0v) is 13.5. The van der Waals surface area contributed by atoms with Gasteiger partial charge in [0.1, 0.15) is 0 Å². The molecule has 0 radical (unpaired) electrons. The van der Waals surface area contributed by atoms with E-state index in [0.717, 1.165) is 10.1 Å². The minimum atomic E-state index is -0.494. The molecule has 8 heteroatoms. The summed E-state index contributed by atoms with van der Waals surface area (Å²) in [5, 5.41) is 10.9. The number of hydrogen-bond donors (Lipinski definition) is 1. The highest BCUT2D eigenvalue weighted by molar-refractivity contribution is 8.01. The van der Waals surface area contributed by atoms with E-state index in [2.05, 4.69) is 22.1 Å². The van der Waals surface area contributed by atoms with Crippen LogP contribution in [0, 0.1) is 5.82 Å². The van der Waals surface area contributed by atoms with Crippen LogP contribution in [0.5, 0.6) is 5.75 Å². The zero-order valence-electron chi connectivity index (χ0n) is 11.8. The van der Waals surface area contributed by atoms with Gasteiger partial charge in [-0.3, -0.25) is 4.79 Å². The smallest absolute Gasteiger partial charge is 0.230 e. The number of ether oxygens (including phenoxy) is 1. The first-order valence-electron chi connectivity index (χ1n) is 6.32. The van der Waals surface area contributed by atoms with E-state index in [-0.39, 0.29) is 18.1 Å². The third kappa shape index (κ3) is 4.54. The molecule has 5 nitrogen and oxygen atoms in total. The summed E-state index contributed by atoms with van der Waals surface area (Å²) in [6, 6.07) is 4.42. The second-order valence-electron chi connectivity index (χ2n) is 4.17. The van der Waals surface area contributed by atoms with Crippen LogP contribution in [0.15, 0.2) is 35.2 Å². The molecule has 1 N–H and O–H groups in total. The Balaban J connectivity index is 1.93. The van der Waals surface area contributed by atoms with Crippen molar-refractivity contribution in [2.24, 2.45) is 0 Å². The van der Waals surface area contributed by atoms with Gasteiger partial charge in [0.05, 0.1) is 13.5 Å². The lowest BCUT2D eigenvalue weighted by molar-refractivity contribution is -0.115. The van der Waals surface area contributed by atoms with Gasteiger partial charge < -0.3 is 10.1 Å². The highest BCUT2D eigenvalue weighted by atomic mass is 32.2. The topological polar surface area (TPSA) is 64.1 Å². The summed E-state index contributed by atoms with van der Waals surface area (Å²) in [6.45, 7) is 3.62. The minimum absolute atomic E-state index is 0.0512. The highest BCUT2D eigenvalue weighted by Crippen LogP contribution is 2.25. The molecule has 1 aromatic heterocycles. The molecule has 116 valence electrons. The molecule has 2 aromatic rings. The summed E-state index contributed by atoms with van der Waals surface area (Å²) in [4.78, 5) is 11.9. The quantitative estimate of drug-likeness (QED) is 0.477. The van der Waals surface area contributed by atoms with Crippen molar-refractivity contribution in [2.45, 2.75) is 10.8 Å². The summed E-state index contributed by atoms with van der Waals surface area (Å²) in [5.41, 5.74) is 0.557. The average Bonchev–Trinajstić information content (AvgIpc) is 2.92. The molecular formula is C14H14FN3O2S2. The van der Waals surface area contributed by atoms with Gasteiger partial charge in [-0.25, -0.2) is 4.39 Å². The number of amides is 1. The second-order valence-corrected chi connectivity index (χ2v) is 6.41. The van der Waals surface area contributed by atoms with Gasteiger partial charge in [0.15, 0.2) is 15.9 Å². The molecule has 22 heavy (non-hydrogen) atoms. The first-order chi connectivity index (χ1) is 10.6. The van der Waals surface area contributed by atoms with Gasteiger partial charge in [0, 0.05) is 5.75 Å². The van der Waals surface area contributed by atoms with E-state index in [4.69, 9.17) is 4.74 Å². The van der Waals surface area contributed by atoms with Gasteiger partial charge in [-0.2, -0.15) is 0 Å². The normalized spacial score (nSPS) is 10.3. The maximum absolute atomic E-state index is 13.6. The molecule has 2 rings (SSSR count).